The lowest BCUT2D eigenvalue weighted by atomic mass is 10.2. The maximum absolute atomic E-state index is 11.4. The Kier molecular flexibility index (Phi) is 6.22. The van der Waals surface area contributed by atoms with E-state index in [-0.39, 0.29) is 5.97 Å². The molecule has 0 bridgehead atoms. The molecule has 1 rings (SSSR count). The molecule has 0 aliphatic carbocycles. The second-order valence-corrected chi connectivity index (χ2v) is 4.21. The largest absolute Gasteiger partial charge is 0.497 e. The summed E-state index contributed by atoms with van der Waals surface area (Å²) in [4.78, 5) is 11.4. The summed E-state index contributed by atoms with van der Waals surface area (Å²) < 4.78 is 9.81. The second kappa shape index (κ2) is 7.69. The van der Waals surface area contributed by atoms with Crippen LogP contribution < -0.4 is 10.1 Å². The molecule has 1 aromatic rings. The van der Waals surface area contributed by atoms with E-state index in [1.165, 1.54) is 7.11 Å². The van der Waals surface area contributed by atoms with Crippen molar-refractivity contribution in [3.8, 4) is 5.75 Å². The Morgan fingerprint density at radius 3 is 2.74 bits per heavy atom. The molecule has 0 radical (unpaired) electrons. The van der Waals surface area contributed by atoms with Crippen molar-refractivity contribution in [3.63, 3.8) is 0 Å². The Balaban J connectivity index is 2.71. The van der Waals surface area contributed by atoms with E-state index >= 15 is 0 Å². The minimum atomic E-state index is -0.305. The predicted molar refractivity (Wildman–Crippen MR) is 76.9 cm³/mol. The highest BCUT2D eigenvalue weighted by Crippen LogP contribution is 2.26. The third kappa shape index (κ3) is 4.48. The quantitative estimate of drug-likeness (QED) is 0.643. The van der Waals surface area contributed by atoms with Crippen LogP contribution in [0.4, 0.5) is 5.69 Å². The summed E-state index contributed by atoms with van der Waals surface area (Å²) in [6.45, 7) is 2.40. The van der Waals surface area contributed by atoms with E-state index in [1.54, 1.807) is 31.4 Å². The van der Waals surface area contributed by atoms with E-state index in [1.807, 2.05) is 6.92 Å². The molecule has 0 aliphatic heterocycles. The lowest BCUT2D eigenvalue weighted by molar-refractivity contribution is -0.136. The molecule has 104 valence electrons. The summed E-state index contributed by atoms with van der Waals surface area (Å²) in [5.41, 5.74) is 1.40. The van der Waals surface area contributed by atoms with E-state index in [9.17, 15) is 4.79 Å². The Morgan fingerprint density at radius 1 is 1.42 bits per heavy atom. The molecule has 1 aromatic carbocycles. The molecule has 0 saturated carbocycles. The molecule has 0 unspecified atom stereocenters. The first-order valence-electron chi connectivity index (χ1n) is 5.97. The van der Waals surface area contributed by atoms with Crippen LogP contribution in [0.3, 0.4) is 0 Å². The summed E-state index contributed by atoms with van der Waals surface area (Å²) in [6, 6.07) is 5.35. The highest BCUT2D eigenvalue weighted by atomic mass is 35.5. The molecule has 0 saturated heterocycles. The number of halogens is 1. The van der Waals surface area contributed by atoms with Gasteiger partial charge in [0.15, 0.2) is 0 Å². The first-order chi connectivity index (χ1) is 9.12. The topological polar surface area (TPSA) is 47.6 Å². The van der Waals surface area contributed by atoms with Gasteiger partial charge in [0.2, 0.25) is 0 Å². The number of rotatable bonds is 6. The van der Waals surface area contributed by atoms with Gasteiger partial charge in [0.05, 0.1) is 24.9 Å². The summed E-state index contributed by atoms with van der Waals surface area (Å²) in [5, 5.41) is 3.74. The summed E-state index contributed by atoms with van der Waals surface area (Å²) in [7, 11) is 2.97. The number of nitrogens with one attached hydrogen (secondary N) is 1. The van der Waals surface area contributed by atoms with Crippen LogP contribution >= 0.6 is 11.6 Å². The minimum Gasteiger partial charge on any atom is -0.497 e. The Bertz CT molecular complexity index is 472. The number of carbonyl (C=O) groups is 1. The highest BCUT2D eigenvalue weighted by molar-refractivity contribution is 6.33. The van der Waals surface area contributed by atoms with Crippen molar-refractivity contribution in [2.75, 3.05) is 26.1 Å². The van der Waals surface area contributed by atoms with E-state index in [2.05, 4.69) is 10.1 Å². The number of ether oxygens (including phenoxy) is 2. The van der Waals surface area contributed by atoms with E-state index in [0.717, 1.165) is 11.4 Å². The first kappa shape index (κ1) is 15.4. The number of esters is 1. The molecule has 0 aliphatic rings. The van der Waals surface area contributed by atoms with Crippen LogP contribution in [0.5, 0.6) is 5.75 Å². The fourth-order valence-electron chi connectivity index (χ4n) is 1.55. The van der Waals surface area contributed by atoms with Gasteiger partial charge in [0.1, 0.15) is 5.75 Å². The van der Waals surface area contributed by atoms with Gasteiger partial charge in [-0.05, 0) is 18.6 Å². The summed E-state index contributed by atoms with van der Waals surface area (Å²) in [5.74, 6) is 0.417. The zero-order chi connectivity index (χ0) is 14.3. The van der Waals surface area contributed by atoms with Gasteiger partial charge in [-0.25, -0.2) is 4.79 Å². The van der Waals surface area contributed by atoms with Crippen LogP contribution in [0.25, 0.3) is 0 Å². The molecular weight excluding hydrogens is 266 g/mol. The molecule has 0 amide bonds. The van der Waals surface area contributed by atoms with Gasteiger partial charge < -0.3 is 14.8 Å². The SMILES string of the molecule is CC/C(=C/CNc1cc(OC)ccc1Cl)C(=O)OC. The maximum atomic E-state index is 11.4. The Labute approximate surface area is 118 Å². The van der Waals surface area contributed by atoms with Crippen molar-refractivity contribution in [3.05, 3.63) is 34.9 Å². The van der Waals surface area contributed by atoms with Crippen molar-refractivity contribution < 1.29 is 14.3 Å². The van der Waals surface area contributed by atoms with Crippen LogP contribution in [-0.4, -0.2) is 26.7 Å². The molecule has 0 atom stereocenters. The number of methoxy groups -OCH3 is 2. The predicted octanol–water partition coefficient (Wildman–Crippen LogP) is 3.27. The van der Waals surface area contributed by atoms with Crippen molar-refractivity contribution in [1.29, 1.82) is 0 Å². The average Bonchev–Trinajstić information content (AvgIpc) is 2.44. The molecule has 19 heavy (non-hydrogen) atoms. The van der Waals surface area contributed by atoms with E-state index in [4.69, 9.17) is 16.3 Å². The van der Waals surface area contributed by atoms with Gasteiger partial charge in [-0.2, -0.15) is 0 Å². The Hall–Kier alpha value is -1.68. The monoisotopic (exact) mass is 283 g/mol. The fourth-order valence-corrected chi connectivity index (χ4v) is 1.74. The molecule has 1 N–H and O–H groups in total. The van der Waals surface area contributed by atoms with Gasteiger partial charge in [0, 0.05) is 18.2 Å². The third-order valence-corrected chi connectivity index (χ3v) is 2.97. The molecule has 4 nitrogen and oxygen atoms in total. The number of benzene rings is 1. The van der Waals surface area contributed by atoms with Crippen molar-refractivity contribution >= 4 is 23.3 Å². The zero-order valence-electron chi connectivity index (χ0n) is 11.3. The van der Waals surface area contributed by atoms with Gasteiger partial charge in [-0.15, -0.1) is 0 Å². The molecular formula is C14H18ClNO3. The standard InChI is InChI=1S/C14H18ClNO3/c1-4-10(14(17)19-3)7-8-16-13-9-11(18-2)5-6-12(13)15/h5-7,9,16H,4,8H2,1-3H3/b10-7-. The lowest BCUT2D eigenvalue weighted by Crippen LogP contribution is -2.07. The van der Waals surface area contributed by atoms with Crippen LogP contribution in [0, 0.1) is 0 Å². The van der Waals surface area contributed by atoms with E-state index in [0.29, 0.717) is 23.6 Å². The molecule has 0 spiro atoms. The number of hydrogen-bond donors (Lipinski definition) is 1. The smallest absolute Gasteiger partial charge is 0.333 e. The minimum absolute atomic E-state index is 0.305. The molecule has 0 heterocycles. The summed E-state index contributed by atoms with van der Waals surface area (Å²) in [6.07, 6.45) is 2.42. The number of carbonyl (C=O) groups excluding carboxylic acids is 1. The van der Waals surface area contributed by atoms with Gasteiger partial charge >= 0.3 is 5.97 Å². The fraction of sp³-hybridized carbons (Fsp3) is 0.357. The van der Waals surface area contributed by atoms with Crippen molar-refractivity contribution in [2.45, 2.75) is 13.3 Å². The van der Waals surface area contributed by atoms with Crippen LogP contribution in [0.2, 0.25) is 5.02 Å². The maximum Gasteiger partial charge on any atom is 0.333 e. The highest BCUT2D eigenvalue weighted by Gasteiger charge is 2.06. The van der Waals surface area contributed by atoms with Crippen molar-refractivity contribution in [1.82, 2.24) is 0 Å². The van der Waals surface area contributed by atoms with Crippen LogP contribution in [0.1, 0.15) is 13.3 Å². The van der Waals surface area contributed by atoms with Crippen LogP contribution in [0.15, 0.2) is 29.8 Å². The first-order valence-corrected chi connectivity index (χ1v) is 6.34. The average molecular weight is 284 g/mol. The van der Waals surface area contributed by atoms with E-state index < -0.39 is 0 Å². The van der Waals surface area contributed by atoms with Crippen LogP contribution in [-0.2, 0) is 9.53 Å². The number of hydrogen-bond acceptors (Lipinski definition) is 4. The zero-order valence-corrected chi connectivity index (χ0v) is 12.1. The third-order valence-electron chi connectivity index (χ3n) is 2.64. The van der Waals surface area contributed by atoms with Gasteiger partial charge in [-0.1, -0.05) is 24.6 Å². The number of anilines is 1. The molecule has 5 heteroatoms. The molecule has 0 aromatic heterocycles. The van der Waals surface area contributed by atoms with Gasteiger partial charge in [0.25, 0.3) is 0 Å². The Morgan fingerprint density at radius 2 is 2.16 bits per heavy atom. The second-order valence-electron chi connectivity index (χ2n) is 3.80. The normalized spacial score (nSPS) is 11.1. The van der Waals surface area contributed by atoms with Gasteiger partial charge in [-0.3, -0.25) is 0 Å². The summed E-state index contributed by atoms with van der Waals surface area (Å²) >= 11 is 6.06. The van der Waals surface area contributed by atoms with Crippen molar-refractivity contribution in [2.24, 2.45) is 0 Å². The lowest BCUT2D eigenvalue weighted by Gasteiger charge is -2.09. The molecule has 0 fully saturated rings.